The predicted octanol–water partition coefficient (Wildman–Crippen LogP) is 4.12. The summed E-state index contributed by atoms with van der Waals surface area (Å²) in [4.78, 5) is 23.0. The monoisotopic (exact) mass is 409 g/mol. The van der Waals surface area contributed by atoms with E-state index in [1.54, 1.807) is 13.0 Å². The maximum Gasteiger partial charge on any atom is 0.336 e. The molecule has 0 fully saturated rings. The topological polar surface area (TPSA) is 66.0 Å². The van der Waals surface area contributed by atoms with Crippen LogP contribution in [0.4, 0.5) is 0 Å². The summed E-state index contributed by atoms with van der Waals surface area (Å²) in [7, 11) is 1.45. The van der Waals surface area contributed by atoms with E-state index < -0.39 is 11.9 Å². The highest BCUT2D eigenvalue weighted by Crippen LogP contribution is 2.41. The van der Waals surface area contributed by atoms with Gasteiger partial charge in [0.05, 0.1) is 31.6 Å². The van der Waals surface area contributed by atoms with E-state index in [4.69, 9.17) is 30.8 Å². The normalized spacial score (nSPS) is 17.0. The molecule has 1 atom stereocenters. The van der Waals surface area contributed by atoms with Crippen LogP contribution in [0.1, 0.15) is 38.7 Å². The van der Waals surface area contributed by atoms with E-state index >= 15 is 0 Å². The van der Waals surface area contributed by atoms with Gasteiger partial charge in [-0.05, 0) is 37.5 Å². The molecule has 1 aromatic carbocycles. The maximum absolute atomic E-state index is 12.9. The van der Waals surface area contributed by atoms with Crippen LogP contribution in [0.3, 0.4) is 0 Å². The molecule has 7 heteroatoms. The Balaban J connectivity index is 2.58. The number of benzene rings is 1. The van der Waals surface area contributed by atoms with E-state index in [1.807, 2.05) is 32.0 Å². The van der Waals surface area contributed by atoms with Crippen LogP contribution in [0.2, 0.25) is 5.02 Å². The minimum absolute atomic E-state index is 0.178. The molecule has 1 aliphatic heterocycles. The van der Waals surface area contributed by atoms with Gasteiger partial charge in [0, 0.05) is 23.2 Å². The molecule has 2 rings (SSSR count). The smallest absolute Gasteiger partial charge is 0.336 e. The zero-order valence-electron chi connectivity index (χ0n) is 16.8. The fraction of sp³-hybridized carbons (Fsp3) is 0.476. The third kappa shape index (κ3) is 5.35. The van der Waals surface area contributed by atoms with Gasteiger partial charge in [0.1, 0.15) is 6.61 Å². The van der Waals surface area contributed by atoms with Gasteiger partial charge in [0.25, 0.3) is 0 Å². The summed E-state index contributed by atoms with van der Waals surface area (Å²) in [6, 6.07) is 7.46. The number of allylic oxidation sites excluding steroid dienone is 1. The Bertz CT molecular complexity index is 744. The molecule has 0 aromatic heterocycles. The van der Waals surface area contributed by atoms with E-state index in [-0.39, 0.29) is 19.8 Å². The molecule has 1 N–H and O–H groups in total. The minimum Gasteiger partial charge on any atom is -0.463 e. The lowest BCUT2D eigenvalue weighted by atomic mass is 9.80. The number of ether oxygens (including phenoxy) is 2. The Labute approximate surface area is 171 Å². The van der Waals surface area contributed by atoms with Gasteiger partial charge in [0.15, 0.2) is 0 Å². The van der Waals surface area contributed by atoms with Crippen LogP contribution < -0.4 is 5.32 Å². The molecule has 0 radical (unpaired) electrons. The zero-order chi connectivity index (χ0) is 20.5. The van der Waals surface area contributed by atoms with E-state index in [2.05, 4.69) is 5.32 Å². The van der Waals surface area contributed by atoms with Crippen LogP contribution in [-0.4, -0.2) is 39.5 Å². The van der Waals surface area contributed by atoms with Crippen LogP contribution in [0, 0.1) is 0 Å². The average molecular weight is 410 g/mol. The Morgan fingerprint density at radius 1 is 1.21 bits per heavy atom. The molecule has 154 valence electrons. The van der Waals surface area contributed by atoms with Crippen molar-refractivity contribution in [3.63, 3.8) is 0 Å². The van der Waals surface area contributed by atoms with Crippen molar-refractivity contribution in [1.29, 1.82) is 0 Å². The van der Waals surface area contributed by atoms with Crippen LogP contribution in [-0.2, 0) is 24.0 Å². The second-order valence-corrected chi connectivity index (χ2v) is 6.73. The van der Waals surface area contributed by atoms with Gasteiger partial charge in [-0.2, -0.15) is 0 Å². The van der Waals surface area contributed by atoms with Gasteiger partial charge in [-0.25, -0.2) is 14.6 Å². The zero-order valence-corrected chi connectivity index (χ0v) is 17.6. The molecule has 0 saturated heterocycles. The summed E-state index contributed by atoms with van der Waals surface area (Å²) in [6.45, 7) is 7.07. The molecule has 1 aromatic rings. The Hall–Kier alpha value is -1.86. The largest absolute Gasteiger partial charge is 0.463 e. The second kappa shape index (κ2) is 11.2. The van der Waals surface area contributed by atoms with Gasteiger partial charge in [-0.1, -0.05) is 36.7 Å². The van der Waals surface area contributed by atoms with Gasteiger partial charge < -0.3 is 14.8 Å². The quantitative estimate of drug-likeness (QED) is 0.271. The van der Waals surface area contributed by atoms with Crippen molar-refractivity contribution in [2.45, 2.75) is 33.1 Å². The van der Waals surface area contributed by atoms with Crippen LogP contribution in [0.5, 0.6) is 0 Å². The molecular weight excluding hydrogens is 382 g/mol. The van der Waals surface area contributed by atoms with Gasteiger partial charge in [0.2, 0.25) is 0 Å². The average Bonchev–Trinajstić information content (AvgIpc) is 2.67. The standard InChI is InChI=1S/C21H28ClNO5/c1-5-11-26-13-18-20(21(24)27-6-2)19(15-9-7-8-10-17(15)22)16(12-28-25-4)14(3)23-18/h7-10,19,23H,5-6,11-13H2,1-4H3/t19-/m1/s1. The van der Waals surface area contributed by atoms with Crippen LogP contribution in [0.25, 0.3) is 0 Å². The molecule has 0 unspecified atom stereocenters. The number of hydrogen-bond donors (Lipinski definition) is 1. The summed E-state index contributed by atoms with van der Waals surface area (Å²) >= 11 is 6.51. The van der Waals surface area contributed by atoms with Gasteiger partial charge in [-0.15, -0.1) is 0 Å². The SMILES string of the molecule is CCCOCC1=C(C(=O)OCC)[C@H](c2ccccc2Cl)C(COOC)=C(C)N1. The summed E-state index contributed by atoms with van der Waals surface area (Å²) in [5.41, 5.74) is 3.67. The molecule has 0 bridgehead atoms. The number of hydrogen-bond acceptors (Lipinski definition) is 6. The first-order valence-electron chi connectivity index (χ1n) is 9.39. The number of rotatable bonds is 10. The molecule has 0 aliphatic carbocycles. The Morgan fingerprint density at radius 2 is 1.96 bits per heavy atom. The third-order valence-electron chi connectivity index (χ3n) is 4.42. The number of nitrogens with one attached hydrogen (secondary N) is 1. The van der Waals surface area contributed by atoms with Crippen molar-refractivity contribution in [1.82, 2.24) is 5.32 Å². The lowest BCUT2D eigenvalue weighted by molar-refractivity contribution is -0.265. The van der Waals surface area contributed by atoms with E-state index in [1.165, 1.54) is 7.11 Å². The number of dihydropyridines is 1. The highest BCUT2D eigenvalue weighted by molar-refractivity contribution is 6.31. The number of carbonyl (C=O) groups excluding carboxylic acids is 1. The van der Waals surface area contributed by atoms with E-state index in [9.17, 15) is 4.79 Å². The molecule has 28 heavy (non-hydrogen) atoms. The van der Waals surface area contributed by atoms with Crippen molar-refractivity contribution in [3.8, 4) is 0 Å². The van der Waals surface area contributed by atoms with Crippen molar-refractivity contribution >= 4 is 17.6 Å². The Kier molecular flexibility index (Phi) is 8.99. The summed E-state index contributed by atoms with van der Waals surface area (Å²) in [5, 5.41) is 3.86. The fourth-order valence-corrected chi connectivity index (χ4v) is 3.43. The molecular formula is C21H28ClNO5. The predicted molar refractivity (Wildman–Crippen MR) is 108 cm³/mol. The summed E-state index contributed by atoms with van der Waals surface area (Å²) in [6.07, 6.45) is 0.887. The summed E-state index contributed by atoms with van der Waals surface area (Å²) in [5.74, 6) is -0.832. The first-order chi connectivity index (χ1) is 13.5. The van der Waals surface area contributed by atoms with E-state index in [0.717, 1.165) is 23.3 Å². The molecule has 0 amide bonds. The highest BCUT2D eigenvalue weighted by atomic mass is 35.5. The molecule has 0 saturated carbocycles. The lowest BCUT2D eigenvalue weighted by Crippen LogP contribution is -2.33. The molecule has 6 nitrogen and oxygen atoms in total. The van der Waals surface area contributed by atoms with Crippen molar-refractivity contribution < 1.29 is 24.0 Å². The Morgan fingerprint density at radius 3 is 2.61 bits per heavy atom. The molecule has 0 spiro atoms. The van der Waals surface area contributed by atoms with Gasteiger partial charge >= 0.3 is 5.97 Å². The summed E-state index contributed by atoms with van der Waals surface area (Å²) < 4.78 is 11.1. The molecule has 1 aliphatic rings. The minimum atomic E-state index is -0.427. The first kappa shape index (κ1) is 22.4. The van der Waals surface area contributed by atoms with Crippen LogP contribution in [0.15, 0.2) is 46.8 Å². The van der Waals surface area contributed by atoms with Crippen molar-refractivity contribution in [2.24, 2.45) is 0 Å². The fourth-order valence-electron chi connectivity index (χ4n) is 3.19. The molecule has 1 heterocycles. The number of carbonyl (C=O) groups is 1. The number of esters is 1. The van der Waals surface area contributed by atoms with Gasteiger partial charge in [-0.3, -0.25) is 0 Å². The van der Waals surface area contributed by atoms with Crippen LogP contribution >= 0.6 is 11.6 Å². The second-order valence-electron chi connectivity index (χ2n) is 6.32. The first-order valence-corrected chi connectivity index (χ1v) is 9.77. The number of halogens is 1. The third-order valence-corrected chi connectivity index (χ3v) is 4.77. The van der Waals surface area contributed by atoms with E-state index in [0.29, 0.717) is 22.9 Å². The van der Waals surface area contributed by atoms with Crippen molar-refractivity contribution in [2.75, 3.05) is 33.5 Å². The highest BCUT2D eigenvalue weighted by Gasteiger charge is 2.36. The maximum atomic E-state index is 12.9. The lowest BCUT2D eigenvalue weighted by Gasteiger charge is -2.32. The van der Waals surface area contributed by atoms with Crippen molar-refractivity contribution in [3.05, 3.63) is 57.4 Å².